The fourth-order valence-corrected chi connectivity index (χ4v) is 1.88. The quantitative estimate of drug-likeness (QED) is 0.490. The van der Waals surface area contributed by atoms with Crippen LogP contribution >= 0.6 is 0 Å². The van der Waals surface area contributed by atoms with E-state index in [4.69, 9.17) is 0 Å². The third-order valence-electron chi connectivity index (χ3n) is 2.89. The van der Waals surface area contributed by atoms with Crippen molar-refractivity contribution < 1.29 is 14.3 Å². The van der Waals surface area contributed by atoms with Gasteiger partial charge in [0.2, 0.25) is 0 Å². The minimum atomic E-state index is -0.413. The number of morpholine rings is 1. The van der Waals surface area contributed by atoms with Gasteiger partial charge in [-0.15, -0.1) is 0 Å². The van der Waals surface area contributed by atoms with Crippen molar-refractivity contribution in [2.45, 2.75) is 32.2 Å². The molecule has 1 saturated heterocycles. The fraction of sp³-hybridized carbons (Fsp3) is 0.800. The van der Waals surface area contributed by atoms with E-state index in [-0.39, 0.29) is 13.1 Å². The molecule has 1 atom stereocenters. The predicted octanol–water partition coefficient (Wildman–Crippen LogP) is 0.560. The molecule has 14 heavy (non-hydrogen) atoms. The second-order valence-corrected chi connectivity index (χ2v) is 4.28. The van der Waals surface area contributed by atoms with E-state index in [1.165, 1.54) is 12.8 Å². The van der Waals surface area contributed by atoms with Crippen LogP contribution in [0.4, 0.5) is 0 Å². The van der Waals surface area contributed by atoms with Gasteiger partial charge in [-0.25, -0.2) is 0 Å². The lowest BCUT2D eigenvalue weighted by molar-refractivity contribution is -0.167. The van der Waals surface area contributed by atoms with E-state index in [1.54, 1.807) is 0 Å². The Morgan fingerprint density at radius 3 is 2.43 bits per heavy atom. The summed E-state index contributed by atoms with van der Waals surface area (Å²) in [5.74, 6) is -0.00848. The Morgan fingerprint density at radius 2 is 1.93 bits per heavy atom. The van der Waals surface area contributed by atoms with Gasteiger partial charge in [-0.05, 0) is 19.3 Å². The molecule has 1 aliphatic heterocycles. The van der Waals surface area contributed by atoms with Gasteiger partial charge in [-0.3, -0.25) is 14.5 Å². The molecule has 0 spiro atoms. The zero-order chi connectivity index (χ0) is 10.1. The topological polar surface area (TPSA) is 46.6 Å². The first-order chi connectivity index (χ1) is 6.65. The number of hydrogen-bond donors (Lipinski definition) is 0. The molecule has 4 heteroatoms. The van der Waals surface area contributed by atoms with Crippen molar-refractivity contribution in [1.29, 1.82) is 0 Å². The van der Waals surface area contributed by atoms with Crippen molar-refractivity contribution >= 4 is 11.9 Å². The fourth-order valence-electron chi connectivity index (χ4n) is 1.88. The lowest BCUT2D eigenvalue weighted by Crippen LogP contribution is -2.47. The number of carbonyl (C=O) groups excluding carboxylic acids is 2. The van der Waals surface area contributed by atoms with Crippen molar-refractivity contribution in [3.8, 4) is 0 Å². The molecule has 2 aliphatic rings. The van der Waals surface area contributed by atoms with Gasteiger partial charge in [-0.1, -0.05) is 12.8 Å². The van der Waals surface area contributed by atoms with Crippen LogP contribution in [0.1, 0.15) is 26.2 Å². The predicted molar refractivity (Wildman–Crippen MR) is 49.5 cm³/mol. The van der Waals surface area contributed by atoms with Crippen LogP contribution in [0.3, 0.4) is 0 Å². The van der Waals surface area contributed by atoms with Crippen LogP contribution in [0.25, 0.3) is 0 Å². The maximum Gasteiger partial charge on any atom is 0.327 e. The van der Waals surface area contributed by atoms with Crippen molar-refractivity contribution in [3.05, 3.63) is 0 Å². The number of ether oxygens (including phenoxy) is 1. The lowest BCUT2D eigenvalue weighted by Gasteiger charge is -2.29. The number of carbonyl (C=O) groups is 2. The highest BCUT2D eigenvalue weighted by Gasteiger charge is 2.31. The van der Waals surface area contributed by atoms with Crippen molar-refractivity contribution in [3.63, 3.8) is 0 Å². The number of nitrogens with zero attached hydrogens (tertiary/aromatic N) is 1. The van der Waals surface area contributed by atoms with Crippen LogP contribution in [-0.2, 0) is 14.3 Å². The molecule has 0 amide bonds. The molecule has 1 heterocycles. The minimum absolute atomic E-state index is 0.264. The van der Waals surface area contributed by atoms with E-state index in [0.717, 1.165) is 12.3 Å². The van der Waals surface area contributed by atoms with Crippen LogP contribution in [0.5, 0.6) is 0 Å². The van der Waals surface area contributed by atoms with Crippen LogP contribution < -0.4 is 0 Å². The normalized spacial score (nSPS) is 26.1. The van der Waals surface area contributed by atoms with Gasteiger partial charge in [0, 0.05) is 6.04 Å². The molecule has 0 aromatic rings. The summed E-state index contributed by atoms with van der Waals surface area (Å²) in [6.45, 7) is 2.60. The zero-order valence-electron chi connectivity index (χ0n) is 8.36. The van der Waals surface area contributed by atoms with Gasteiger partial charge in [0.25, 0.3) is 0 Å². The molecule has 1 unspecified atom stereocenters. The zero-order valence-corrected chi connectivity index (χ0v) is 8.36. The summed E-state index contributed by atoms with van der Waals surface area (Å²) in [7, 11) is 0. The highest BCUT2D eigenvalue weighted by molar-refractivity contribution is 5.90. The van der Waals surface area contributed by atoms with E-state index in [1.807, 2.05) is 4.90 Å². The first kappa shape index (κ1) is 9.65. The van der Waals surface area contributed by atoms with Gasteiger partial charge in [0.05, 0.1) is 13.1 Å². The van der Waals surface area contributed by atoms with E-state index in [0.29, 0.717) is 6.04 Å². The number of cyclic esters (lactones) is 2. The second kappa shape index (κ2) is 3.69. The number of rotatable bonds is 3. The summed E-state index contributed by atoms with van der Waals surface area (Å²) in [6.07, 6.45) is 3.70. The average molecular weight is 197 g/mol. The largest absolute Gasteiger partial charge is 0.391 e. The molecule has 0 radical (unpaired) electrons. The van der Waals surface area contributed by atoms with Gasteiger partial charge in [0.15, 0.2) is 0 Å². The van der Waals surface area contributed by atoms with Crippen molar-refractivity contribution in [2.75, 3.05) is 13.1 Å². The summed E-state index contributed by atoms with van der Waals surface area (Å²) < 4.78 is 4.47. The molecule has 0 N–H and O–H groups in total. The Labute approximate surface area is 83.2 Å². The smallest absolute Gasteiger partial charge is 0.327 e. The van der Waals surface area contributed by atoms with Crippen LogP contribution in [0.15, 0.2) is 0 Å². The van der Waals surface area contributed by atoms with E-state index in [2.05, 4.69) is 11.7 Å². The molecular formula is C10H15NO3. The first-order valence-electron chi connectivity index (χ1n) is 5.12. The lowest BCUT2D eigenvalue weighted by atomic mass is 10.1. The van der Waals surface area contributed by atoms with Crippen molar-refractivity contribution in [1.82, 2.24) is 4.90 Å². The summed E-state index contributed by atoms with van der Waals surface area (Å²) >= 11 is 0. The summed E-state index contributed by atoms with van der Waals surface area (Å²) in [5, 5.41) is 0. The molecule has 78 valence electrons. The monoisotopic (exact) mass is 197 g/mol. The maximum atomic E-state index is 11.0. The molecule has 2 fully saturated rings. The van der Waals surface area contributed by atoms with E-state index < -0.39 is 11.9 Å². The third-order valence-corrected chi connectivity index (χ3v) is 2.89. The Kier molecular flexibility index (Phi) is 2.54. The standard InChI is InChI=1S/C10H15NO3/c1-7(4-8-2-3-8)11-5-9(12)14-10(13)6-11/h7-8H,2-6H2,1H3. The van der Waals surface area contributed by atoms with Gasteiger partial charge < -0.3 is 4.74 Å². The van der Waals surface area contributed by atoms with Crippen LogP contribution in [0.2, 0.25) is 0 Å². The van der Waals surface area contributed by atoms with Gasteiger partial charge >= 0.3 is 11.9 Å². The minimum Gasteiger partial charge on any atom is -0.391 e. The highest BCUT2D eigenvalue weighted by atomic mass is 16.6. The molecule has 2 rings (SSSR count). The molecule has 1 aliphatic carbocycles. The van der Waals surface area contributed by atoms with E-state index >= 15 is 0 Å². The average Bonchev–Trinajstić information content (AvgIpc) is 2.86. The van der Waals surface area contributed by atoms with Gasteiger partial charge in [0.1, 0.15) is 0 Å². The Balaban J connectivity index is 1.87. The van der Waals surface area contributed by atoms with Gasteiger partial charge in [-0.2, -0.15) is 0 Å². The molecule has 4 nitrogen and oxygen atoms in total. The Morgan fingerprint density at radius 1 is 1.36 bits per heavy atom. The van der Waals surface area contributed by atoms with E-state index in [9.17, 15) is 9.59 Å². The molecular weight excluding hydrogens is 182 g/mol. The Bertz CT molecular complexity index is 244. The SMILES string of the molecule is CC(CC1CC1)N1CC(=O)OC(=O)C1. The molecule has 0 bridgehead atoms. The number of esters is 2. The van der Waals surface area contributed by atoms with Crippen molar-refractivity contribution in [2.24, 2.45) is 5.92 Å². The summed E-state index contributed by atoms with van der Waals surface area (Å²) in [6, 6.07) is 0.319. The maximum absolute atomic E-state index is 11.0. The molecule has 0 aromatic heterocycles. The summed E-state index contributed by atoms with van der Waals surface area (Å²) in [5.41, 5.74) is 0. The molecule has 0 aromatic carbocycles. The number of hydrogen-bond acceptors (Lipinski definition) is 4. The first-order valence-corrected chi connectivity index (χ1v) is 5.12. The molecule has 1 saturated carbocycles. The summed E-state index contributed by atoms with van der Waals surface area (Å²) in [4.78, 5) is 23.9. The highest BCUT2D eigenvalue weighted by Crippen LogP contribution is 2.34. The Hall–Kier alpha value is -0.900. The second-order valence-electron chi connectivity index (χ2n) is 4.28. The van der Waals surface area contributed by atoms with Crippen LogP contribution in [0, 0.1) is 5.92 Å². The van der Waals surface area contributed by atoms with Crippen LogP contribution in [-0.4, -0.2) is 36.0 Å². The third kappa shape index (κ3) is 2.32.